The van der Waals surface area contributed by atoms with E-state index in [2.05, 4.69) is 0 Å². The van der Waals surface area contributed by atoms with Crippen LogP contribution in [0.4, 0.5) is 0 Å². The van der Waals surface area contributed by atoms with Gasteiger partial charge in [-0.15, -0.1) is 11.3 Å². The van der Waals surface area contributed by atoms with E-state index in [4.69, 9.17) is 10.2 Å². The lowest BCUT2D eigenvalue weighted by Crippen LogP contribution is -2.14. The Hall–Kier alpha value is -1.36. The zero-order chi connectivity index (χ0) is 10.7. The molecule has 76 valence electrons. The first-order valence-electron chi connectivity index (χ1n) is 4.01. The van der Waals surface area contributed by atoms with E-state index < -0.39 is 17.9 Å². The average molecular weight is 214 g/mol. The molecule has 0 radical (unpaired) electrons. The van der Waals surface area contributed by atoms with Crippen LogP contribution in [0.2, 0.25) is 0 Å². The van der Waals surface area contributed by atoms with Crippen LogP contribution >= 0.6 is 11.3 Å². The second-order valence-electron chi connectivity index (χ2n) is 2.94. The highest BCUT2D eigenvalue weighted by Gasteiger charge is 2.24. The summed E-state index contributed by atoms with van der Waals surface area (Å²) in [4.78, 5) is 22.8. The normalized spacial score (nSPS) is 12.4. The Morgan fingerprint density at radius 2 is 2.07 bits per heavy atom. The van der Waals surface area contributed by atoms with Crippen LogP contribution < -0.4 is 0 Å². The van der Waals surface area contributed by atoms with Crippen LogP contribution in [0.1, 0.15) is 22.1 Å². The molecule has 1 unspecified atom stereocenters. The van der Waals surface area contributed by atoms with Crippen molar-refractivity contribution < 1.29 is 19.8 Å². The first kappa shape index (κ1) is 10.7. The number of thiophene rings is 1. The van der Waals surface area contributed by atoms with E-state index in [1.165, 1.54) is 11.3 Å². The van der Waals surface area contributed by atoms with Gasteiger partial charge in [0.05, 0.1) is 6.42 Å². The van der Waals surface area contributed by atoms with Crippen molar-refractivity contribution in [1.82, 2.24) is 0 Å². The van der Waals surface area contributed by atoms with Crippen LogP contribution in [0.15, 0.2) is 12.1 Å². The largest absolute Gasteiger partial charge is 0.481 e. The average Bonchev–Trinajstić information content (AvgIpc) is 2.46. The summed E-state index contributed by atoms with van der Waals surface area (Å²) in [6, 6.07) is 3.46. The quantitative estimate of drug-likeness (QED) is 0.799. The standard InChI is InChI=1S/C9H10O4S/c1-5-2-3-7(14-5)6(9(12)13)4-8(10)11/h2-3,6H,4H2,1H3,(H,10,11)(H,12,13). The highest BCUT2D eigenvalue weighted by molar-refractivity contribution is 7.12. The fourth-order valence-electron chi connectivity index (χ4n) is 1.12. The molecule has 1 aromatic heterocycles. The van der Waals surface area contributed by atoms with Crippen molar-refractivity contribution in [2.24, 2.45) is 0 Å². The topological polar surface area (TPSA) is 74.6 Å². The minimum atomic E-state index is -1.09. The summed E-state index contributed by atoms with van der Waals surface area (Å²) in [5.41, 5.74) is 0. The molecule has 0 aliphatic rings. The van der Waals surface area contributed by atoms with Crippen molar-refractivity contribution in [3.8, 4) is 0 Å². The lowest BCUT2D eigenvalue weighted by Gasteiger charge is -2.06. The Morgan fingerprint density at radius 3 is 2.43 bits per heavy atom. The van der Waals surface area contributed by atoms with Gasteiger partial charge in [0.15, 0.2) is 0 Å². The zero-order valence-corrected chi connectivity index (χ0v) is 8.37. The molecule has 1 aromatic rings. The smallest absolute Gasteiger partial charge is 0.312 e. The minimum absolute atomic E-state index is 0.366. The van der Waals surface area contributed by atoms with Crippen molar-refractivity contribution in [3.05, 3.63) is 21.9 Å². The second kappa shape index (κ2) is 4.23. The third-order valence-electron chi connectivity index (χ3n) is 1.78. The van der Waals surface area contributed by atoms with Gasteiger partial charge in [-0.3, -0.25) is 9.59 Å². The van der Waals surface area contributed by atoms with Crippen LogP contribution in [0, 0.1) is 6.92 Å². The fourth-order valence-corrected chi connectivity index (χ4v) is 2.10. The molecular weight excluding hydrogens is 204 g/mol. The molecule has 0 aromatic carbocycles. The molecule has 4 nitrogen and oxygen atoms in total. The summed E-state index contributed by atoms with van der Waals surface area (Å²) >= 11 is 1.32. The molecule has 1 heterocycles. The van der Waals surface area contributed by atoms with Gasteiger partial charge in [-0.2, -0.15) is 0 Å². The van der Waals surface area contributed by atoms with Crippen LogP contribution in [0.25, 0.3) is 0 Å². The number of carbonyl (C=O) groups is 2. The van der Waals surface area contributed by atoms with Gasteiger partial charge in [-0.1, -0.05) is 0 Å². The third-order valence-corrected chi connectivity index (χ3v) is 2.90. The number of aryl methyl sites for hydroxylation is 1. The van der Waals surface area contributed by atoms with E-state index >= 15 is 0 Å². The van der Waals surface area contributed by atoms with Gasteiger partial charge in [0.1, 0.15) is 5.92 Å². The van der Waals surface area contributed by atoms with Crippen LogP contribution in [-0.2, 0) is 9.59 Å². The van der Waals surface area contributed by atoms with E-state index in [0.717, 1.165) is 4.88 Å². The number of hydrogen-bond donors (Lipinski definition) is 2. The zero-order valence-electron chi connectivity index (χ0n) is 7.56. The van der Waals surface area contributed by atoms with Crippen molar-refractivity contribution in [2.75, 3.05) is 0 Å². The lowest BCUT2D eigenvalue weighted by atomic mass is 10.0. The highest BCUT2D eigenvalue weighted by Crippen LogP contribution is 2.27. The van der Waals surface area contributed by atoms with Gasteiger partial charge in [-0.05, 0) is 19.1 Å². The summed E-state index contributed by atoms with van der Waals surface area (Å²) in [5.74, 6) is -3.11. The fraction of sp³-hybridized carbons (Fsp3) is 0.333. The predicted octanol–water partition coefficient (Wildman–Crippen LogP) is 1.70. The third kappa shape index (κ3) is 2.56. The molecule has 0 saturated carbocycles. The van der Waals surface area contributed by atoms with Crippen molar-refractivity contribution in [3.63, 3.8) is 0 Å². The summed E-state index contributed by atoms with van der Waals surface area (Å²) < 4.78 is 0. The van der Waals surface area contributed by atoms with Gasteiger partial charge in [0.25, 0.3) is 0 Å². The van der Waals surface area contributed by atoms with Gasteiger partial charge < -0.3 is 10.2 Å². The molecule has 14 heavy (non-hydrogen) atoms. The summed E-state index contributed by atoms with van der Waals surface area (Å²) in [6.07, 6.45) is -0.366. The first-order valence-corrected chi connectivity index (χ1v) is 4.83. The van der Waals surface area contributed by atoms with Crippen LogP contribution in [0.5, 0.6) is 0 Å². The summed E-state index contributed by atoms with van der Waals surface area (Å²) in [6.45, 7) is 1.86. The van der Waals surface area contributed by atoms with E-state index in [-0.39, 0.29) is 6.42 Å². The van der Waals surface area contributed by atoms with Gasteiger partial charge in [-0.25, -0.2) is 0 Å². The maximum atomic E-state index is 10.8. The Balaban J connectivity index is 2.88. The Labute approximate surface area is 84.8 Å². The minimum Gasteiger partial charge on any atom is -0.481 e. The molecule has 1 rings (SSSR count). The van der Waals surface area contributed by atoms with Gasteiger partial charge >= 0.3 is 11.9 Å². The van der Waals surface area contributed by atoms with Crippen LogP contribution in [0.3, 0.4) is 0 Å². The maximum absolute atomic E-state index is 10.8. The number of hydrogen-bond acceptors (Lipinski definition) is 3. The van der Waals surface area contributed by atoms with Gasteiger partial charge in [0, 0.05) is 9.75 Å². The van der Waals surface area contributed by atoms with Crippen LogP contribution in [-0.4, -0.2) is 22.2 Å². The van der Waals surface area contributed by atoms with Crippen molar-refractivity contribution in [1.29, 1.82) is 0 Å². The van der Waals surface area contributed by atoms with Crippen molar-refractivity contribution >= 4 is 23.3 Å². The van der Waals surface area contributed by atoms with Crippen molar-refractivity contribution in [2.45, 2.75) is 19.3 Å². The van der Waals surface area contributed by atoms with E-state index in [1.807, 2.05) is 6.92 Å². The monoisotopic (exact) mass is 214 g/mol. The number of rotatable bonds is 4. The van der Waals surface area contributed by atoms with E-state index in [1.54, 1.807) is 12.1 Å². The number of aliphatic carboxylic acids is 2. The predicted molar refractivity (Wildman–Crippen MR) is 51.7 cm³/mol. The molecule has 0 aliphatic heterocycles. The Kier molecular flexibility index (Phi) is 3.24. The Morgan fingerprint density at radius 1 is 1.43 bits per heavy atom. The molecule has 0 aliphatic carbocycles. The molecule has 0 saturated heterocycles. The van der Waals surface area contributed by atoms with E-state index in [0.29, 0.717) is 4.88 Å². The summed E-state index contributed by atoms with van der Waals surface area (Å²) in [7, 11) is 0. The molecule has 0 spiro atoms. The SMILES string of the molecule is Cc1ccc(C(CC(=O)O)C(=O)O)s1. The molecule has 1 atom stereocenters. The summed E-state index contributed by atoms with van der Waals surface area (Å²) in [5, 5.41) is 17.4. The van der Waals surface area contributed by atoms with E-state index in [9.17, 15) is 9.59 Å². The lowest BCUT2D eigenvalue weighted by molar-refractivity contribution is -0.145. The molecule has 0 bridgehead atoms. The van der Waals surface area contributed by atoms with Gasteiger partial charge in [0.2, 0.25) is 0 Å². The first-order chi connectivity index (χ1) is 6.50. The maximum Gasteiger partial charge on any atom is 0.312 e. The Bertz CT molecular complexity index is 355. The second-order valence-corrected chi connectivity index (χ2v) is 4.26. The molecule has 0 fully saturated rings. The molecule has 0 amide bonds. The molecular formula is C9H10O4S. The number of carboxylic acids is 2. The molecule has 5 heteroatoms. The molecule has 2 N–H and O–H groups in total. The number of carboxylic acid groups (broad SMARTS) is 2. The highest BCUT2D eigenvalue weighted by atomic mass is 32.1.